The monoisotopic (exact) mass is 506 g/mol. The third-order valence-electron chi connectivity index (χ3n) is 8.10. The van der Waals surface area contributed by atoms with Gasteiger partial charge < -0.3 is 10.6 Å². The summed E-state index contributed by atoms with van der Waals surface area (Å²) in [7, 11) is 0. The second kappa shape index (κ2) is 24.3. The largest absolute Gasteiger partial charge is 0.356 e. The summed E-state index contributed by atoms with van der Waals surface area (Å²) in [5, 5.41) is 6.31. The lowest BCUT2D eigenvalue weighted by atomic mass is 9.78. The number of rotatable bonds is 24. The highest BCUT2D eigenvalue weighted by Gasteiger charge is 2.35. The fraction of sp³-hybridized carbons (Fsp3) is 0.938. The van der Waals surface area contributed by atoms with Crippen molar-refractivity contribution in [3.63, 3.8) is 0 Å². The molecule has 0 radical (unpaired) electrons. The van der Waals surface area contributed by atoms with E-state index in [0.29, 0.717) is 0 Å². The maximum Gasteiger partial charge on any atom is 0.223 e. The first-order valence-corrected chi connectivity index (χ1v) is 16.3. The minimum absolute atomic E-state index is 0.115. The van der Waals surface area contributed by atoms with Gasteiger partial charge in [-0.05, 0) is 25.7 Å². The van der Waals surface area contributed by atoms with Crippen LogP contribution in [-0.2, 0) is 9.59 Å². The minimum atomic E-state index is -0.130. The summed E-state index contributed by atoms with van der Waals surface area (Å²) in [5.41, 5.74) is 0. The summed E-state index contributed by atoms with van der Waals surface area (Å²) in [5.74, 6) is -0.0291. The van der Waals surface area contributed by atoms with E-state index in [-0.39, 0.29) is 23.7 Å². The molecule has 1 fully saturated rings. The molecule has 0 aromatic heterocycles. The summed E-state index contributed by atoms with van der Waals surface area (Å²) in [6.45, 7) is 6.06. The number of carbonyl (C=O) groups is 2. The molecule has 0 aromatic carbocycles. The van der Waals surface area contributed by atoms with E-state index < -0.39 is 0 Å². The van der Waals surface area contributed by atoms with Gasteiger partial charge in [0.15, 0.2) is 0 Å². The lowest BCUT2D eigenvalue weighted by Crippen LogP contribution is -2.44. The molecule has 4 heteroatoms. The summed E-state index contributed by atoms with van der Waals surface area (Å²) < 4.78 is 0. The van der Waals surface area contributed by atoms with Gasteiger partial charge in [-0.3, -0.25) is 9.59 Å². The Balaban J connectivity index is 2.08. The van der Waals surface area contributed by atoms with Crippen LogP contribution in [0.3, 0.4) is 0 Å². The maximum atomic E-state index is 12.8. The first-order chi connectivity index (χ1) is 17.7. The molecule has 4 nitrogen and oxygen atoms in total. The van der Waals surface area contributed by atoms with Gasteiger partial charge in [0.05, 0.1) is 0 Å². The molecule has 0 unspecified atom stereocenters. The van der Waals surface area contributed by atoms with E-state index in [2.05, 4.69) is 24.5 Å². The average molecular weight is 507 g/mol. The Morgan fingerprint density at radius 2 is 0.750 bits per heavy atom. The Kier molecular flexibility index (Phi) is 22.2. The van der Waals surface area contributed by atoms with E-state index in [1.165, 1.54) is 116 Å². The molecule has 0 heterocycles. The smallest absolute Gasteiger partial charge is 0.223 e. The highest BCUT2D eigenvalue weighted by Crippen LogP contribution is 2.30. The molecule has 1 saturated carbocycles. The van der Waals surface area contributed by atoms with Gasteiger partial charge in [0.1, 0.15) is 0 Å². The first-order valence-electron chi connectivity index (χ1n) is 16.3. The fourth-order valence-corrected chi connectivity index (χ4v) is 5.67. The van der Waals surface area contributed by atoms with Gasteiger partial charge in [-0.1, -0.05) is 142 Å². The van der Waals surface area contributed by atoms with Crippen molar-refractivity contribution in [2.45, 2.75) is 168 Å². The van der Waals surface area contributed by atoms with Gasteiger partial charge >= 0.3 is 0 Å². The van der Waals surface area contributed by atoms with Crippen LogP contribution in [-0.4, -0.2) is 24.9 Å². The van der Waals surface area contributed by atoms with Gasteiger partial charge in [-0.15, -0.1) is 0 Å². The Labute approximate surface area is 224 Å². The third kappa shape index (κ3) is 17.4. The van der Waals surface area contributed by atoms with Crippen LogP contribution in [0, 0.1) is 11.8 Å². The molecule has 2 N–H and O–H groups in total. The molecule has 0 spiro atoms. The van der Waals surface area contributed by atoms with E-state index in [9.17, 15) is 9.59 Å². The third-order valence-corrected chi connectivity index (χ3v) is 8.10. The minimum Gasteiger partial charge on any atom is -0.356 e. The summed E-state index contributed by atoms with van der Waals surface area (Å²) in [6.07, 6.45) is 30.0. The van der Waals surface area contributed by atoms with Gasteiger partial charge in [0, 0.05) is 24.9 Å². The van der Waals surface area contributed by atoms with Crippen molar-refractivity contribution in [3.05, 3.63) is 0 Å². The SMILES string of the molecule is CCCCCCCCCCCCNC(=O)[C@@H]1CCCC[C@H]1C(=O)NCCCCCCCCCCCC. The number of nitrogens with one attached hydrogen (secondary N) is 2. The van der Waals surface area contributed by atoms with Crippen LogP contribution in [0.5, 0.6) is 0 Å². The van der Waals surface area contributed by atoms with Crippen molar-refractivity contribution >= 4 is 11.8 Å². The van der Waals surface area contributed by atoms with E-state index >= 15 is 0 Å². The van der Waals surface area contributed by atoms with Crippen LogP contribution in [0.4, 0.5) is 0 Å². The molecule has 2 atom stereocenters. The summed E-state index contributed by atoms with van der Waals surface area (Å²) >= 11 is 0. The fourth-order valence-electron chi connectivity index (χ4n) is 5.67. The topological polar surface area (TPSA) is 58.2 Å². The first kappa shape index (κ1) is 33.0. The molecule has 0 aliphatic heterocycles. The number of carbonyl (C=O) groups excluding carboxylic acids is 2. The van der Waals surface area contributed by atoms with Crippen LogP contribution in [0.25, 0.3) is 0 Å². The Bertz CT molecular complexity index is 476. The molecule has 1 rings (SSSR count). The number of unbranched alkanes of at least 4 members (excludes halogenated alkanes) is 18. The van der Waals surface area contributed by atoms with E-state index in [4.69, 9.17) is 0 Å². The molecule has 1 aliphatic carbocycles. The standard InChI is InChI=1S/C32H62N2O2/c1-3-5-7-9-11-13-15-17-19-23-27-33-31(35)29-25-21-22-26-30(29)32(36)34-28-24-20-18-16-14-12-10-8-6-4-2/h29-30H,3-28H2,1-2H3,(H,33,35)(H,34,36)/t29-,30-/m1/s1. The van der Waals surface area contributed by atoms with Crippen LogP contribution in [0.2, 0.25) is 0 Å². The van der Waals surface area contributed by atoms with Gasteiger partial charge in [-0.25, -0.2) is 0 Å². The van der Waals surface area contributed by atoms with Crippen LogP contribution in [0.1, 0.15) is 168 Å². The van der Waals surface area contributed by atoms with E-state index in [1.54, 1.807) is 0 Å². The van der Waals surface area contributed by atoms with Crippen molar-refractivity contribution in [3.8, 4) is 0 Å². The predicted octanol–water partition coefficient (Wildman–Crippen LogP) is 8.87. The Morgan fingerprint density at radius 1 is 0.472 bits per heavy atom. The second-order valence-corrected chi connectivity index (χ2v) is 11.4. The molecule has 0 aromatic rings. The van der Waals surface area contributed by atoms with Crippen LogP contribution < -0.4 is 10.6 Å². The zero-order valence-corrected chi connectivity index (χ0v) is 24.4. The van der Waals surface area contributed by atoms with Crippen molar-refractivity contribution in [2.24, 2.45) is 11.8 Å². The van der Waals surface area contributed by atoms with Gasteiger partial charge in [0.2, 0.25) is 11.8 Å². The zero-order chi connectivity index (χ0) is 26.1. The summed E-state index contributed by atoms with van der Waals surface area (Å²) in [4.78, 5) is 25.7. The normalized spacial score (nSPS) is 17.7. The summed E-state index contributed by atoms with van der Waals surface area (Å²) in [6, 6.07) is 0. The predicted molar refractivity (Wildman–Crippen MR) is 155 cm³/mol. The molecule has 0 bridgehead atoms. The molecule has 1 aliphatic rings. The van der Waals surface area contributed by atoms with Gasteiger partial charge in [-0.2, -0.15) is 0 Å². The zero-order valence-electron chi connectivity index (χ0n) is 24.4. The lowest BCUT2D eigenvalue weighted by molar-refractivity contribution is -0.136. The molecule has 2 amide bonds. The molecular formula is C32H62N2O2. The van der Waals surface area contributed by atoms with E-state index in [1.807, 2.05) is 0 Å². The van der Waals surface area contributed by atoms with Crippen molar-refractivity contribution in [1.29, 1.82) is 0 Å². The maximum absolute atomic E-state index is 12.8. The van der Waals surface area contributed by atoms with Crippen molar-refractivity contribution in [2.75, 3.05) is 13.1 Å². The number of amides is 2. The Morgan fingerprint density at radius 3 is 1.06 bits per heavy atom. The average Bonchev–Trinajstić information content (AvgIpc) is 2.90. The Hall–Kier alpha value is -1.06. The quantitative estimate of drug-likeness (QED) is 0.128. The second-order valence-electron chi connectivity index (χ2n) is 11.4. The van der Waals surface area contributed by atoms with Crippen LogP contribution >= 0.6 is 0 Å². The van der Waals surface area contributed by atoms with Crippen LogP contribution in [0.15, 0.2) is 0 Å². The number of hydrogen-bond acceptors (Lipinski definition) is 2. The lowest BCUT2D eigenvalue weighted by Gasteiger charge is -2.29. The van der Waals surface area contributed by atoms with E-state index in [0.717, 1.165) is 51.6 Å². The molecule has 212 valence electrons. The van der Waals surface area contributed by atoms with Crippen molar-refractivity contribution in [1.82, 2.24) is 10.6 Å². The highest BCUT2D eigenvalue weighted by atomic mass is 16.2. The molecule has 0 saturated heterocycles. The highest BCUT2D eigenvalue weighted by molar-refractivity contribution is 5.87. The molecular weight excluding hydrogens is 444 g/mol. The van der Waals surface area contributed by atoms with Crippen molar-refractivity contribution < 1.29 is 9.59 Å². The van der Waals surface area contributed by atoms with Gasteiger partial charge in [0.25, 0.3) is 0 Å². The number of hydrogen-bond donors (Lipinski definition) is 2. The molecule has 36 heavy (non-hydrogen) atoms.